The van der Waals surface area contributed by atoms with Gasteiger partial charge in [-0.1, -0.05) is 19.1 Å². The normalized spacial score (nSPS) is 12.5. The van der Waals surface area contributed by atoms with E-state index in [1.54, 1.807) is 12.1 Å². The molecule has 4 heteroatoms. The summed E-state index contributed by atoms with van der Waals surface area (Å²) in [6.45, 7) is 1.85. The fourth-order valence-corrected chi connectivity index (χ4v) is 1.37. The molecule has 0 amide bonds. The first kappa shape index (κ1) is 11.7. The van der Waals surface area contributed by atoms with E-state index in [0.29, 0.717) is 12.0 Å². The molecule has 3 nitrogen and oxygen atoms in total. The molecule has 1 aromatic rings. The highest BCUT2D eigenvalue weighted by molar-refractivity contribution is 5.73. The zero-order chi connectivity index (χ0) is 11.4. The third-order valence-electron chi connectivity index (χ3n) is 2.26. The van der Waals surface area contributed by atoms with Crippen molar-refractivity contribution in [2.45, 2.75) is 25.8 Å². The lowest BCUT2D eigenvalue weighted by atomic mass is 10.0. The SMILES string of the molecule is CCc1cc(CC(N)C(=O)O)ccc1F. The number of hydrogen-bond acceptors (Lipinski definition) is 2. The van der Waals surface area contributed by atoms with Crippen LogP contribution in [0.3, 0.4) is 0 Å². The number of rotatable bonds is 4. The largest absolute Gasteiger partial charge is 0.480 e. The lowest BCUT2D eigenvalue weighted by molar-refractivity contribution is -0.138. The Kier molecular flexibility index (Phi) is 3.80. The summed E-state index contributed by atoms with van der Waals surface area (Å²) in [5.41, 5.74) is 6.73. The molecule has 1 aromatic carbocycles. The van der Waals surface area contributed by atoms with Crippen LogP contribution in [-0.4, -0.2) is 17.1 Å². The summed E-state index contributed by atoms with van der Waals surface area (Å²) < 4.78 is 13.1. The van der Waals surface area contributed by atoms with E-state index in [1.165, 1.54) is 6.07 Å². The number of aliphatic carboxylic acids is 1. The molecule has 1 unspecified atom stereocenters. The van der Waals surface area contributed by atoms with Gasteiger partial charge in [0.25, 0.3) is 0 Å². The number of aryl methyl sites for hydroxylation is 1. The van der Waals surface area contributed by atoms with Crippen LogP contribution in [0.2, 0.25) is 0 Å². The van der Waals surface area contributed by atoms with Gasteiger partial charge in [-0.05, 0) is 30.0 Å². The Balaban J connectivity index is 2.83. The maximum atomic E-state index is 13.1. The third-order valence-corrected chi connectivity index (χ3v) is 2.26. The average Bonchev–Trinajstić information content (AvgIpc) is 2.20. The van der Waals surface area contributed by atoms with E-state index in [4.69, 9.17) is 10.8 Å². The molecule has 0 bridgehead atoms. The Morgan fingerprint density at radius 2 is 2.27 bits per heavy atom. The molecule has 82 valence electrons. The minimum atomic E-state index is -1.04. The summed E-state index contributed by atoms with van der Waals surface area (Å²) in [6.07, 6.45) is 0.810. The molecule has 0 aromatic heterocycles. The van der Waals surface area contributed by atoms with Crippen LogP contribution < -0.4 is 5.73 Å². The van der Waals surface area contributed by atoms with Crippen molar-refractivity contribution in [2.75, 3.05) is 0 Å². The summed E-state index contributed by atoms with van der Waals surface area (Å²) in [5.74, 6) is -1.30. The molecule has 0 aliphatic carbocycles. The van der Waals surface area contributed by atoms with E-state index in [0.717, 1.165) is 5.56 Å². The highest BCUT2D eigenvalue weighted by Gasteiger charge is 2.12. The third kappa shape index (κ3) is 3.02. The lowest BCUT2D eigenvalue weighted by Gasteiger charge is -2.08. The fourth-order valence-electron chi connectivity index (χ4n) is 1.37. The Morgan fingerprint density at radius 3 is 2.80 bits per heavy atom. The van der Waals surface area contributed by atoms with E-state index in [9.17, 15) is 9.18 Å². The van der Waals surface area contributed by atoms with Crippen molar-refractivity contribution in [1.29, 1.82) is 0 Å². The van der Waals surface area contributed by atoms with Crippen LogP contribution in [0.15, 0.2) is 18.2 Å². The molecule has 0 saturated carbocycles. The van der Waals surface area contributed by atoms with Gasteiger partial charge < -0.3 is 10.8 Å². The second-order valence-corrected chi connectivity index (χ2v) is 3.43. The van der Waals surface area contributed by atoms with Crippen LogP contribution >= 0.6 is 0 Å². The van der Waals surface area contributed by atoms with Crippen LogP contribution in [0, 0.1) is 5.82 Å². The minimum Gasteiger partial charge on any atom is -0.480 e. The van der Waals surface area contributed by atoms with Gasteiger partial charge in [-0.15, -0.1) is 0 Å². The monoisotopic (exact) mass is 211 g/mol. The molecule has 3 N–H and O–H groups in total. The van der Waals surface area contributed by atoms with Crippen molar-refractivity contribution in [2.24, 2.45) is 5.73 Å². The number of carbonyl (C=O) groups is 1. The van der Waals surface area contributed by atoms with Crippen LogP contribution in [-0.2, 0) is 17.6 Å². The summed E-state index contributed by atoms with van der Waals surface area (Å²) in [6, 6.07) is 3.65. The van der Waals surface area contributed by atoms with Gasteiger partial charge in [-0.25, -0.2) is 4.39 Å². The molecule has 1 rings (SSSR count). The smallest absolute Gasteiger partial charge is 0.320 e. The molecule has 0 radical (unpaired) electrons. The van der Waals surface area contributed by atoms with Gasteiger partial charge >= 0.3 is 5.97 Å². The Morgan fingerprint density at radius 1 is 1.60 bits per heavy atom. The summed E-state index contributed by atoms with van der Waals surface area (Å²) in [5, 5.41) is 8.63. The van der Waals surface area contributed by atoms with E-state index in [1.807, 2.05) is 6.92 Å². The standard InChI is InChI=1S/C11H14FNO2/c1-2-8-5-7(3-4-9(8)12)6-10(13)11(14)15/h3-5,10H,2,6,13H2,1H3,(H,14,15). The average molecular weight is 211 g/mol. The van der Waals surface area contributed by atoms with E-state index >= 15 is 0 Å². The predicted octanol–water partition coefficient (Wildman–Crippen LogP) is 1.34. The van der Waals surface area contributed by atoms with E-state index < -0.39 is 12.0 Å². The molecule has 0 heterocycles. The van der Waals surface area contributed by atoms with Crippen LogP contribution in [0.1, 0.15) is 18.1 Å². The van der Waals surface area contributed by atoms with Gasteiger partial charge in [-0.2, -0.15) is 0 Å². The molecule has 0 fully saturated rings. The van der Waals surface area contributed by atoms with Gasteiger partial charge in [0.05, 0.1) is 0 Å². The molecular formula is C11H14FNO2. The number of halogens is 1. The first-order valence-electron chi connectivity index (χ1n) is 4.80. The van der Waals surface area contributed by atoms with Crippen molar-refractivity contribution in [3.8, 4) is 0 Å². The van der Waals surface area contributed by atoms with Crippen LogP contribution in [0.5, 0.6) is 0 Å². The van der Waals surface area contributed by atoms with Crippen molar-refractivity contribution in [1.82, 2.24) is 0 Å². The number of carboxylic acids is 1. The van der Waals surface area contributed by atoms with E-state index in [-0.39, 0.29) is 12.2 Å². The molecule has 0 aliphatic heterocycles. The van der Waals surface area contributed by atoms with Crippen molar-refractivity contribution in [3.05, 3.63) is 35.1 Å². The van der Waals surface area contributed by atoms with Crippen LogP contribution in [0.25, 0.3) is 0 Å². The molecule has 0 spiro atoms. The van der Waals surface area contributed by atoms with Gasteiger partial charge in [0.1, 0.15) is 11.9 Å². The number of hydrogen-bond donors (Lipinski definition) is 2. The zero-order valence-electron chi connectivity index (χ0n) is 8.53. The lowest BCUT2D eigenvalue weighted by Crippen LogP contribution is -2.32. The first-order valence-corrected chi connectivity index (χ1v) is 4.80. The molecule has 0 saturated heterocycles. The van der Waals surface area contributed by atoms with Crippen LogP contribution in [0.4, 0.5) is 4.39 Å². The second kappa shape index (κ2) is 4.89. The first-order chi connectivity index (χ1) is 7.04. The van der Waals surface area contributed by atoms with E-state index in [2.05, 4.69) is 0 Å². The molecule has 0 aliphatic rings. The highest BCUT2D eigenvalue weighted by atomic mass is 19.1. The number of nitrogens with two attached hydrogens (primary N) is 1. The Bertz CT molecular complexity index is 366. The molecule has 15 heavy (non-hydrogen) atoms. The van der Waals surface area contributed by atoms with Gasteiger partial charge in [0.15, 0.2) is 0 Å². The Labute approximate surface area is 87.7 Å². The van der Waals surface area contributed by atoms with Gasteiger partial charge in [0, 0.05) is 0 Å². The highest BCUT2D eigenvalue weighted by Crippen LogP contribution is 2.12. The van der Waals surface area contributed by atoms with Crippen molar-refractivity contribution >= 4 is 5.97 Å². The topological polar surface area (TPSA) is 63.3 Å². The Hall–Kier alpha value is -1.42. The van der Waals surface area contributed by atoms with Gasteiger partial charge in [0.2, 0.25) is 0 Å². The zero-order valence-corrected chi connectivity index (χ0v) is 8.53. The maximum Gasteiger partial charge on any atom is 0.320 e. The fraction of sp³-hybridized carbons (Fsp3) is 0.364. The quantitative estimate of drug-likeness (QED) is 0.790. The summed E-state index contributed by atoms with van der Waals surface area (Å²) in [4.78, 5) is 10.5. The summed E-state index contributed by atoms with van der Waals surface area (Å²) in [7, 11) is 0. The van der Waals surface area contributed by atoms with Gasteiger partial charge in [-0.3, -0.25) is 4.79 Å². The predicted molar refractivity (Wildman–Crippen MR) is 55.1 cm³/mol. The minimum absolute atomic E-state index is 0.225. The molecule has 1 atom stereocenters. The van der Waals surface area contributed by atoms with Crippen molar-refractivity contribution in [3.63, 3.8) is 0 Å². The molecular weight excluding hydrogens is 197 g/mol. The maximum absolute atomic E-state index is 13.1. The number of carboxylic acid groups (broad SMARTS) is 1. The number of benzene rings is 1. The second-order valence-electron chi connectivity index (χ2n) is 3.43. The summed E-state index contributed by atoms with van der Waals surface area (Å²) >= 11 is 0. The van der Waals surface area contributed by atoms with Crippen molar-refractivity contribution < 1.29 is 14.3 Å².